The smallest absolute Gasteiger partial charge is 0.462 e. The third kappa shape index (κ3) is 69.1. The van der Waals surface area contributed by atoms with Crippen molar-refractivity contribution >= 4 is 19.8 Å². The van der Waals surface area contributed by atoms with Gasteiger partial charge in [-0.15, -0.1) is 0 Å². The van der Waals surface area contributed by atoms with Gasteiger partial charge in [0.1, 0.15) is 6.61 Å². The predicted octanol–water partition coefficient (Wildman–Crippen LogP) is 22.9. The van der Waals surface area contributed by atoms with Crippen molar-refractivity contribution in [2.75, 3.05) is 26.4 Å². The van der Waals surface area contributed by atoms with Crippen LogP contribution >= 0.6 is 7.82 Å². The third-order valence-corrected chi connectivity index (χ3v) is 15.5. The Morgan fingerprint density at radius 3 is 0.976 bits per heavy atom. The van der Waals surface area contributed by atoms with E-state index in [0.29, 0.717) is 6.42 Å². The summed E-state index contributed by atoms with van der Waals surface area (Å²) < 4.78 is 33.2. The summed E-state index contributed by atoms with van der Waals surface area (Å²) in [5.74, 6) is -0.836. The van der Waals surface area contributed by atoms with Crippen molar-refractivity contribution in [3.63, 3.8) is 0 Å². The molecule has 0 aliphatic heterocycles. The molecule has 0 amide bonds. The van der Waals surface area contributed by atoms with E-state index in [1.807, 2.05) is 0 Å². The largest absolute Gasteiger partial charge is 0.472 e. The Balaban J connectivity index is 3.96. The highest BCUT2D eigenvalue weighted by Crippen LogP contribution is 2.43. The van der Waals surface area contributed by atoms with E-state index in [4.69, 9.17) is 24.3 Å². The predicted molar refractivity (Wildman–Crippen MR) is 367 cm³/mol. The number of carbonyl (C=O) groups excluding carboxylic acids is 2. The molecule has 2 atom stereocenters. The summed E-state index contributed by atoms with van der Waals surface area (Å²) in [7, 11) is -4.40. The number of nitrogens with two attached hydrogens (primary N) is 1. The van der Waals surface area contributed by atoms with E-state index in [2.05, 4.69) is 148 Å². The van der Waals surface area contributed by atoms with E-state index in [0.717, 1.165) is 109 Å². The maximum absolute atomic E-state index is 12.8. The van der Waals surface area contributed by atoms with Gasteiger partial charge in [-0.1, -0.05) is 302 Å². The number of hydrogen-bond acceptors (Lipinski definition) is 8. The van der Waals surface area contributed by atoms with Crippen LogP contribution in [0.25, 0.3) is 0 Å². The molecule has 3 N–H and O–H groups in total. The van der Waals surface area contributed by atoms with Crippen LogP contribution in [0.2, 0.25) is 0 Å². The lowest BCUT2D eigenvalue weighted by atomic mass is 10.0. The molecule has 0 heterocycles. The van der Waals surface area contributed by atoms with Crippen molar-refractivity contribution in [1.82, 2.24) is 0 Å². The molecule has 0 aromatic rings. The molecule has 0 aliphatic carbocycles. The van der Waals surface area contributed by atoms with Crippen LogP contribution in [0.4, 0.5) is 0 Å². The van der Waals surface area contributed by atoms with Crippen LogP contribution in [-0.2, 0) is 32.7 Å². The number of phosphoric ester groups is 1. The number of rotatable bonds is 64. The van der Waals surface area contributed by atoms with Crippen LogP contribution < -0.4 is 5.73 Å². The summed E-state index contributed by atoms with van der Waals surface area (Å²) in [6.07, 6.45) is 98.2. The molecular formula is C75H128NO8P. The number of allylic oxidation sites excluding steroid dienone is 22. The maximum Gasteiger partial charge on any atom is 0.472 e. The Kier molecular flexibility index (Phi) is 66.1. The highest BCUT2D eigenvalue weighted by molar-refractivity contribution is 7.47. The SMILES string of the molecule is CC/C=C\C/C=C\C/C=C\C/C=C\C/C=C\C/C=C\C/C=C\C/C=C\C/C=C\C/C=C\CCCCCCCCCCC(=O)OC(COC(=O)CCCCCCCCCCCCCCC/C=C\CCCCCCCCCC)COP(=O)(O)OCCN. The first-order chi connectivity index (χ1) is 41.8. The van der Waals surface area contributed by atoms with Gasteiger partial charge in [-0.05, 0) is 116 Å². The maximum atomic E-state index is 12.8. The molecular weight excluding hydrogens is 1070 g/mol. The van der Waals surface area contributed by atoms with Gasteiger partial charge in [0.2, 0.25) is 0 Å². The van der Waals surface area contributed by atoms with Crippen molar-refractivity contribution in [3.05, 3.63) is 134 Å². The standard InChI is InChI=1S/C75H128NO8P/c1-3-5-7-9-11-13-15-17-19-21-23-25-27-29-30-31-32-33-34-35-36-37-38-39-40-41-42-44-46-48-50-52-54-56-58-60-62-64-66-68-75(78)84-73(72-83-85(79,80)82-70-69-76)71-81-74(77)67-65-63-61-59-57-55-53-51-49-47-45-43-28-26-24-22-20-18-16-14-12-10-8-6-4-2/h5,7,11,13,17,19,22-25,29-30,32-33,35-36,38-39,41-42,46,48,73H,3-4,6,8-10,12,14-16,18,20-21,26-28,31,34,37,40,43-45,47,49-72,76H2,1-2H3,(H,79,80)/b7-5-,13-11-,19-17-,24-22-,25-23-,30-29-,33-32-,36-35-,39-38-,42-41-,48-46-. The fourth-order valence-corrected chi connectivity index (χ4v) is 10.2. The number of hydrogen-bond donors (Lipinski definition) is 2. The van der Waals surface area contributed by atoms with Crippen molar-refractivity contribution < 1.29 is 37.6 Å². The minimum absolute atomic E-state index is 0.0468. The summed E-state index contributed by atoms with van der Waals surface area (Å²) in [6, 6.07) is 0. The Hall–Kier alpha value is -3.85. The Labute approximate surface area is 523 Å². The average Bonchev–Trinajstić information content (AvgIpc) is 3.53. The summed E-state index contributed by atoms with van der Waals surface area (Å²) in [5, 5.41) is 0. The molecule has 0 saturated heterocycles. The first-order valence-corrected chi connectivity index (χ1v) is 36.2. The van der Waals surface area contributed by atoms with E-state index in [9.17, 15) is 19.0 Å². The second-order valence-electron chi connectivity index (χ2n) is 22.7. The molecule has 0 radical (unpaired) electrons. The fraction of sp³-hybridized carbons (Fsp3) is 0.680. The molecule has 0 fully saturated rings. The first-order valence-electron chi connectivity index (χ1n) is 34.7. The molecule has 486 valence electrons. The summed E-state index contributed by atoms with van der Waals surface area (Å²) in [5.41, 5.74) is 5.40. The van der Waals surface area contributed by atoms with Crippen molar-refractivity contribution in [2.24, 2.45) is 5.73 Å². The molecule has 0 aromatic heterocycles. The van der Waals surface area contributed by atoms with Gasteiger partial charge in [0.15, 0.2) is 6.10 Å². The van der Waals surface area contributed by atoms with Crippen LogP contribution in [0, 0.1) is 0 Å². The van der Waals surface area contributed by atoms with Crippen LogP contribution in [-0.4, -0.2) is 49.3 Å². The minimum atomic E-state index is -4.40. The quantitative estimate of drug-likeness (QED) is 0.0264. The van der Waals surface area contributed by atoms with Gasteiger partial charge in [-0.3, -0.25) is 18.6 Å². The number of unbranched alkanes of at least 4 members (excludes halogenated alkanes) is 29. The van der Waals surface area contributed by atoms with Crippen molar-refractivity contribution in [2.45, 2.75) is 302 Å². The number of ether oxygens (including phenoxy) is 2. The van der Waals surface area contributed by atoms with Gasteiger partial charge in [-0.2, -0.15) is 0 Å². The molecule has 0 saturated carbocycles. The molecule has 0 aliphatic rings. The van der Waals surface area contributed by atoms with Gasteiger partial charge < -0.3 is 20.1 Å². The molecule has 2 unspecified atom stereocenters. The number of carbonyl (C=O) groups is 2. The minimum Gasteiger partial charge on any atom is -0.462 e. The first kappa shape index (κ1) is 81.2. The van der Waals surface area contributed by atoms with Crippen LogP contribution in [0.15, 0.2) is 134 Å². The zero-order chi connectivity index (χ0) is 61.6. The molecule has 85 heavy (non-hydrogen) atoms. The van der Waals surface area contributed by atoms with E-state index >= 15 is 0 Å². The van der Waals surface area contributed by atoms with Crippen LogP contribution in [0.1, 0.15) is 296 Å². The van der Waals surface area contributed by atoms with Crippen LogP contribution in [0.3, 0.4) is 0 Å². The zero-order valence-electron chi connectivity index (χ0n) is 54.5. The monoisotopic (exact) mass is 1200 g/mol. The van der Waals surface area contributed by atoms with Crippen molar-refractivity contribution in [1.29, 1.82) is 0 Å². The highest BCUT2D eigenvalue weighted by Gasteiger charge is 2.26. The number of phosphoric acid groups is 1. The van der Waals surface area contributed by atoms with E-state index in [1.54, 1.807) is 0 Å². The van der Waals surface area contributed by atoms with Gasteiger partial charge in [-0.25, -0.2) is 4.57 Å². The third-order valence-electron chi connectivity index (χ3n) is 14.5. The second-order valence-corrected chi connectivity index (χ2v) is 24.1. The van der Waals surface area contributed by atoms with Crippen molar-refractivity contribution in [3.8, 4) is 0 Å². The topological polar surface area (TPSA) is 134 Å². The molecule has 9 nitrogen and oxygen atoms in total. The molecule has 0 spiro atoms. The Morgan fingerprint density at radius 1 is 0.365 bits per heavy atom. The summed E-state index contributed by atoms with van der Waals surface area (Å²) in [6.45, 7) is 3.64. The normalized spacial score (nSPS) is 13.8. The van der Waals surface area contributed by atoms with Gasteiger partial charge in [0.25, 0.3) is 0 Å². The second kappa shape index (κ2) is 69.3. The molecule has 0 aromatic carbocycles. The van der Waals surface area contributed by atoms with E-state index in [1.165, 1.54) is 154 Å². The lowest BCUT2D eigenvalue weighted by molar-refractivity contribution is -0.161. The average molecular weight is 1200 g/mol. The molecule has 0 bridgehead atoms. The lowest BCUT2D eigenvalue weighted by Gasteiger charge is -2.19. The van der Waals surface area contributed by atoms with Gasteiger partial charge in [0.05, 0.1) is 13.2 Å². The zero-order valence-corrected chi connectivity index (χ0v) is 55.4. The Morgan fingerprint density at radius 2 is 0.647 bits per heavy atom. The summed E-state index contributed by atoms with van der Waals surface area (Å²) >= 11 is 0. The highest BCUT2D eigenvalue weighted by atomic mass is 31.2. The van der Waals surface area contributed by atoms with Crippen LogP contribution in [0.5, 0.6) is 0 Å². The fourth-order valence-electron chi connectivity index (χ4n) is 9.43. The van der Waals surface area contributed by atoms with E-state index in [-0.39, 0.29) is 38.6 Å². The molecule has 10 heteroatoms. The Bertz CT molecular complexity index is 1860. The van der Waals surface area contributed by atoms with E-state index < -0.39 is 26.5 Å². The lowest BCUT2D eigenvalue weighted by Crippen LogP contribution is -2.29. The van der Waals surface area contributed by atoms with Gasteiger partial charge in [0, 0.05) is 19.4 Å². The van der Waals surface area contributed by atoms with Gasteiger partial charge >= 0.3 is 19.8 Å². The number of esters is 2. The molecule has 0 rings (SSSR count). The summed E-state index contributed by atoms with van der Waals surface area (Å²) in [4.78, 5) is 35.3.